The van der Waals surface area contributed by atoms with E-state index in [1.807, 2.05) is 50.7 Å². The highest BCUT2D eigenvalue weighted by molar-refractivity contribution is 6.79. The smallest absolute Gasteiger partial charge is 0.245 e. The molecule has 0 N–H and O–H groups in total. The number of benzene rings is 1. The average Bonchev–Trinajstić information content (AvgIpc) is 2.35. The van der Waals surface area contributed by atoms with E-state index in [1.165, 1.54) is 0 Å². The molecule has 0 heterocycles. The summed E-state index contributed by atoms with van der Waals surface area (Å²) >= 11 is 0. The van der Waals surface area contributed by atoms with Gasteiger partial charge in [0.1, 0.15) is 0 Å². The van der Waals surface area contributed by atoms with Crippen LogP contribution in [0.25, 0.3) is 0 Å². The second kappa shape index (κ2) is 6.77. The molecule has 1 aromatic rings. The Hall–Kier alpha value is -0.723. The Morgan fingerprint density at radius 1 is 0.938 bits per heavy atom. The Morgan fingerprint density at radius 2 is 1.44 bits per heavy atom. The SMILES string of the molecule is CCOO[Si](C)(OOCC)c1ccccc1. The van der Waals surface area contributed by atoms with Crippen LogP contribution in [0, 0.1) is 0 Å². The van der Waals surface area contributed by atoms with Crippen molar-refractivity contribution in [1.29, 1.82) is 0 Å². The van der Waals surface area contributed by atoms with E-state index in [0.717, 1.165) is 5.19 Å². The van der Waals surface area contributed by atoms with Gasteiger partial charge in [0.25, 0.3) is 0 Å². The normalized spacial score (nSPS) is 11.7. The third-order valence-corrected chi connectivity index (χ3v) is 4.22. The fourth-order valence-electron chi connectivity index (χ4n) is 1.19. The summed E-state index contributed by atoms with van der Waals surface area (Å²) in [5.41, 5.74) is 0. The van der Waals surface area contributed by atoms with E-state index in [0.29, 0.717) is 13.2 Å². The van der Waals surface area contributed by atoms with Crippen molar-refractivity contribution >= 4 is 13.7 Å². The molecule has 4 nitrogen and oxygen atoms in total. The van der Waals surface area contributed by atoms with Crippen LogP contribution in [0.2, 0.25) is 6.55 Å². The van der Waals surface area contributed by atoms with Gasteiger partial charge in [-0.3, -0.25) is 0 Å². The highest BCUT2D eigenvalue weighted by Crippen LogP contribution is 2.09. The molecular weight excluding hydrogens is 224 g/mol. The van der Waals surface area contributed by atoms with Gasteiger partial charge in [-0.25, -0.2) is 18.9 Å². The van der Waals surface area contributed by atoms with Gasteiger partial charge in [-0.05, 0) is 25.6 Å². The van der Waals surface area contributed by atoms with E-state index in [9.17, 15) is 0 Å². The highest BCUT2D eigenvalue weighted by Gasteiger charge is 2.38. The lowest BCUT2D eigenvalue weighted by Gasteiger charge is -2.23. The van der Waals surface area contributed by atoms with Crippen LogP contribution in [0.1, 0.15) is 13.8 Å². The molecule has 5 heteroatoms. The van der Waals surface area contributed by atoms with Crippen LogP contribution in [0.15, 0.2) is 30.3 Å². The molecule has 0 fully saturated rings. The predicted octanol–water partition coefficient (Wildman–Crippen LogP) is 1.90. The van der Waals surface area contributed by atoms with Gasteiger partial charge in [-0.15, -0.1) is 0 Å². The number of hydrogen-bond donors (Lipinski definition) is 0. The van der Waals surface area contributed by atoms with Crippen LogP contribution in [0.5, 0.6) is 0 Å². The van der Waals surface area contributed by atoms with Gasteiger partial charge in [0.05, 0.1) is 13.2 Å². The lowest BCUT2D eigenvalue weighted by Crippen LogP contribution is -2.51. The first-order valence-corrected chi connectivity index (χ1v) is 7.71. The van der Waals surface area contributed by atoms with E-state index in [1.54, 1.807) is 0 Å². The minimum Gasteiger partial charge on any atom is -0.245 e. The Bertz CT molecular complexity index is 283. The van der Waals surface area contributed by atoms with Crippen LogP contribution in [0.4, 0.5) is 0 Å². The minimum absolute atomic E-state index is 0.477. The molecule has 0 unspecified atom stereocenters. The highest BCUT2D eigenvalue weighted by atomic mass is 28.4. The first-order valence-electron chi connectivity index (χ1n) is 5.39. The molecule has 0 atom stereocenters. The molecule has 0 aromatic heterocycles. The molecule has 0 aliphatic heterocycles. The molecule has 0 saturated carbocycles. The van der Waals surface area contributed by atoms with Gasteiger partial charge in [0.15, 0.2) is 0 Å². The van der Waals surface area contributed by atoms with Crippen molar-refractivity contribution in [3.8, 4) is 0 Å². The molecule has 90 valence electrons. The van der Waals surface area contributed by atoms with Gasteiger partial charge in [-0.1, -0.05) is 30.3 Å². The van der Waals surface area contributed by atoms with Crippen molar-refractivity contribution in [2.45, 2.75) is 20.4 Å². The molecule has 1 rings (SSSR count). The summed E-state index contributed by atoms with van der Waals surface area (Å²) in [5.74, 6) is 0. The molecular formula is C11H18O4Si. The van der Waals surface area contributed by atoms with E-state index in [4.69, 9.17) is 18.9 Å². The second-order valence-electron chi connectivity index (χ2n) is 3.29. The van der Waals surface area contributed by atoms with Crippen molar-refractivity contribution in [2.24, 2.45) is 0 Å². The summed E-state index contributed by atoms with van der Waals surface area (Å²) in [6.07, 6.45) is 0. The largest absolute Gasteiger partial charge is 0.436 e. The quantitative estimate of drug-likeness (QED) is 0.416. The van der Waals surface area contributed by atoms with Crippen molar-refractivity contribution < 1.29 is 18.9 Å². The summed E-state index contributed by atoms with van der Waals surface area (Å²) in [7, 11) is -2.61. The lowest BCUT2D eigenvalue weighted by molar-refractivity contribution is -0.284. The van der Waals surface area contributed by atoms with Gasteiger partial charge in [0, 0.05) is 0 Å². The van der Waals surface area contributed by atoms with Crippen molar-refractivity contribution in [1.82, 2.24) is 0 Å². The summed E-state index contributed by atoms with van der Waals surface area (Å²) in [5, 5.41) is 0.969. The van der Waals surface area contributed by atoms with Gasteiger partial charge in [0.2, 0.25) is 0 Å². The van der Waals surface area contributed by atoms with Crippen LogP contribution >= 0.6 is 0 Å². The zero-order chi connectivity index (χ0) is 11.9. The van der Waals surface area contributed by atoms with Gasteiger partial charge < -0.3 is 0 Å². The molecule has 0 aliphatic rings. The Labute approximate surface area is 97.2 Å². The van der Waals surface area contributed by atoms with E-state index in [2.05, 4.69) is 0 Å². The summed E-state index contributed by atoms with van der Waals surface area (Å²) in [6, 6.07) is 9.71. The van der Waals surface area contributed by atoms with Crippen LogP contribution in [-0.4, -0.2) is 21.8 Å². The van der Waals surface area contributed by atoms with Crippen LogP contribution < -0.4 is 5.19 Å². The third kappa shape index (κ3) is 3.69. The maximum absolute atomic E-state index is 5.36. The summed E-state index contributed by atoms with van der Waals surface area (Å²) < 4.78 is 10.7. The fourth-order valence-corrected chi connectivity index (χ4v) is 2.90. The maximum atomic E-state index is 5.36. The Kier molecular flexibility index (Phi) is 5.65. The molecule has 1 aromatic carbocycles. The van der Waals surface area contributed by atoms with Gasteiger partial charge >= 0.3 is 8.56 Å². The second-order valence-corrected chi connectivity index (χ2v) is 6.09. The number of hydrogen-bond acceptors (Lipinski definition) is 4. The Balaban J connectivity index is 2.77. The third-order valence-electron chi connectivity index (χ3n) is 1.97. The molecule has 0 saturated heterocycles. The molecule has 16 heavy (non-hydrogen) atoms. The fraction of sp³-hybridized carbons (Fsp3) is 0.455. The Morgan fingerprint density at radius 3 is 1.88 bits per heavy atom. The van der Waals surface area contributed by atoms with Crippen LogP contribution in [-0.2, 0) is 18.9 Å². The van der Waals surface area contributed by atoms with Crippen molar-refractivity contribution in [2.75, 3.05) is 13.2 Å². The molecule has 0 amide bonds. The van der Waals surface area contributed by atoms with E-state index < -0.39 is 8.56 Å². The topological polar surface area (TPSA) is 36.9 Å². The standard InChI is InChI=1S/C11H18O4Si/c1-4-12-14-16(3,15-13-5-2)11-9-7-6-8-10-11/h6-10H,4-5H2,1-3H3. The molecule has 0 bridgehead atoms. The zero-order valence-corrected chi connectivity index (χ0v) is 10.9. The molecule has 0 spiro atoms. The van der Waals surface area contributed by atoms with Crippen LogP contribution in [0.3, 0.4) is 0 Å². The van der Waals surface area contributed by atoms with Gasteiger partial charge in [-0.2, -0.15) is 0 Å². The lowest BCUT2D eigenvalue weighted by atomic mass is 10.4. The summed E-state index contributed by atoms with van der Waals surface area (Å²) in [4.78, 5) is 10.0. The van der Waals surface area contributed by atoms with E-state index in [-0.39, 0.29) is 0 Å². The number of rotatable bonds is 7. The first kappa shape index (κ1) is 13.3. The molecule has 0 radical (unpaired) electrons. The van der Waals surface area contributed by atoms with E-state index >= 15 is 0 Å². The molecule has 0 aliphatic carbocycles. The van der Waals surface area contributed by atoms with Crippen molar-refractivity contribution in [3.63, 3.8) is 0 Å². The summed E-state index contributed by atoms with van der Waals surface area (Å²) in [6.45, 7) is 6.56. The average molecular weight is 242 g/mol. The van der Waals surface area contributed by atoms with Crippen molar-refractivity contribution in [3.05, 3.63) is 30.3 Å². The predicted molar refractivity (Wildman–Crippen MR) is 63.1 cm³/mol. The first-order chi connectivity index (χ1) is 7.73. The monoisotopic (exact) mass is 242 g/mol. The minimum atomic E-state index is -2.61. The zero-order valence-electron chi connectivity index (χ0n) is 9.93. The maximum Gasteiger partial charge on any atom is 0.436 e.